The van der Waals surface area contributed by atoms with Crippen LogP contribution in [0.4, 0.5) is 16.4 Å². The Morgan fingerprint density at radius 1 is 0.971 bits per heavy atom. The molecule has 0 saturated heterocycles. The van der Waals surface area contributed by atoms with Crippen molar-refractivity contribution in [3.05, 3.63) is 59.8 Å². The number of anilines is 2. The van der Waals surface area contributed by atoms with Crippen molar-refractivity contribution in [2.75, 3.05) is 17.7 Å². The summed E-state index contributed by atoms with van der Waals surface area (Å²) in [7, 11) is 0. The summed E-state index contributed by atoms with van der Waals surface area (Å²) in [4.78, 5) is 36.6. The van der Waals surface area contributed by atoms with Gasteiger partial charge in [0.2, 0.25) is 0 Å². The van der Waals surface area contributed by atoms with Crippen molar-refractivity contribution in [1.82, 2.24) is 29.9 Å². The number of aromatic amines is 2. The number of nitrogen functional groups attached to an aromatic ring is 1. The van der Waals surface area contributed by atoms with Gasteiger partial charge in [-0.15, -0.1) is 22.7 Å². The third kappa shape index (κ3) is 4.83. The lowest BCUT2D eigenvalue weighted by Crippen LogP contribution is -2.14. The van der Waals surface area contributed by atoms with Gasteiger partial charge < -0.3 is 20.4 Å². The molecule has 1 amide bonds. The second-order valence-electron chi connectivity index (χ2n) is 7.15. The number of hydrogen-bond acceptors (Lipinski definition) is 9. The lowest BCUT2D eigenvalue weighted by atomic mass is 10.2. The van der Waals surface area contributed by atoms with Gasteiger partial charge in [-0.1, -0.05) is 12.1 Å². The van der Waals surface area contributed by atoms with Gasteiger partial charge in [-0.25, -0.2) is 24.7 Å². The van der Waals surface area contributed by atoms with Crippen molar-refractivity contribution in [2.45, 2.75) is 6.92 Å². The Labute approximate surface area is 207 Å². The van der Waals surface area contributed by atoms with Crippen LogP contribution < -0.4 is 11.1 Å². The average molecular weight is 505 g/mol. The van der Waals surface area contributed by atoms with Crippen LogP contribution in [0.1, 0.15) is 6.92 Å². The molecule has 176 valence electrons. The summed E-state index contributed by atoms with van der Waals surface area (Å²) in [6.07, 6.45) is 2.70. The summed E-state index contributed by atoms with van der Waals surface area (Å²) >= 11 is 3.28. The summed E-state index contributed by atoms with van der Waals surface area (Å²) in [6, 6.07) is 11.7. The van der Waals surface area contributed by atoms with Crippen molar-refractivity contribution in [3.8, 4) is 20.9 Å². The molecule has 5 N–H and O–H groups in total. The van der Waals surface area contributed by atoms with Crippen LogP contribution in [0.25, 0.3) is 43.2 Å². The van der Waals surface area contributed by atoms with E-state index in [1.54, 1.807) is 42.3 Å². The zero-order valence-electron chi connectivity index (χ0n) is 18.5. The largest absolute Gasteiger partial charge is 0.450 e. The normalized spacial score (nSPS) is 10.8. The first-order valence-electron chi connectivity index (χ1n) is 10.6. The van der Waals surface area contributed by atoms with Crippen LogP contribution in [0, 0.1) is 0 Å². The molecule has 35 heavy (non-hydrogen) atoms. The van der Waals surface area contributed by atoms with Gasteiger partial charge in [0, 0.05) is 20.9 Å². The standard InChI is InChI=1S/C13H12N4O2S.C10H8N4S/c1-2-19-13(18)17-10-6-8(9-4-3-5-20-9)11-12(16-10)15-7-14-11;11-8-4-6(7-2-1-3-15-7)9-10(14-8)13-5-12-9/h3-7H,2H2,1H3,(H2,14,15,16,17,18);1-5H,(H3,11,12,13,14). The van der Waals surface area contributed by atoms with Gasteiger partial charge in [-0.3, -0.25) is 5.32 Å². The number of carbonyl (C=O) groups excluding carboxylic acids is 1. The van der Waals surface area contributed by atoms with Crippen molar-refractivity contribution >= 4 is 62.7 Å². The number of amides is 1. The Morgan fingerprint density at radius 3 is 2.14 bits per heavy atom. The highest BCUT2D eigenvalue weighted by Gasteiger charge is 2.13. The quantitative estimate of drug-likeness (QED) is 0.247. The number of pyridine rings is 2. The Morgan fingerprint density at radius 2 is 1.57 bits per heavy atom. The summed E-state index contributed by atoms with van der Waals surface area (Å²) in [5.41, 5.74) is 10.8. The van der Waals surface area contributed by atoms with Crippen molar-refractivity contribution in [2.24, 2.45) is 0 Å². The first kappa shape index (κ1) is 22.5. The second-order valence-corrected chi connectivity index (χ2v) is 9.05. The minimum absolute atomic E-state index is 0.314. The Kier molecular flexibility index (Phi) is 6.37. The third-order valence-corrected chi connectivity index (χ3v) is 6.70. The van der Waals surface area contributed by atoms with Crippen LogP contribution in [-0.4, -0.2) is 42.6 Å². The van der Waals surface area contributed by atoms with E-state index < -0.39 is 6.09 Å². The van der Waals surface area contributed by atoms with Crippen LogP contribution in [0.2, 0.25) is 0 Å². The molecule has 6 heterocycles. The van der Waals surface area contributed by atoms with E-state index >= 15 is 0 Å². The predicted octanol–water partition coefficient (Wildman–Crippen LogP) is 5.52. The SMILES string of the molecule is CCOC(=O)Nc1cc(-c2cccs2)c2[nH]cnc2n1.Nc1cc(-c2cccs2)c2[nH]cnc2n1. The van der Waals surface area contributed by atoms with E-state index in [-0.39, 0.29) is 0 Å². The van der Waals surface area contributed by atoms with Gasteiger partial charge in [0.15, 0.2) is 11.3 Å². The zero-order valence-corrected chi connectivity index (χ0v) is 20.1. The predicted molar refractivity (Wildman–Crippen MR) is 139 cm³/mol. The number of nitrogens with zero attached hydrogens (tertiary/aromatic N) is 4. The first-order chi connectivity index (χ1) is 17.1. The van der Waals surface area contributed by atoms with Gasteiger partial charge >= 0.3 is 6.09 Å². The summed E-state index contributed by atoms with van der Waals surface area (Å²) in [6.45, 7) is 2.06. The summed E-state index contributed by atoms with van der Waals surface area (Å²) < 4.78 is 4.85. The Bertz CT molecular complexity index is 1570. The minimum Gasteiger partial charge on any atom is -0.450 e. The summed E-state index contributed by atoms with van der Waals surface area (Å²) in [5.74, 6) is 0.921. The summed E-state index contributed by atoms with van der Waals surface area (Å²) in [5, 5.41) is 6.64. The van der Waals surface area contributed by atoms with E-state index in [0.29, 0.717) is 29.5 Å². The minimum atomic E-state index is -0.521. The highest BCUT2D eigenvalue weighted by Crippen LogP contribution is 2.32. The monoisotopic (exact) mass is 504 g/mol. The molecule has 0 saturated carbocycles. The van der Waals surface area contributed by atoms with Crippen molar-refractivity contribution in [3.63, 3.8) is 0 Å². The molecule has 0 bridgehead atoms. The number of nitrogens with two attached hydrogens (primary N) is 1. The van der Waals surface area contributed by atoms with E-state index in [1.165, 1.54) is 4.88 Å². The number of carbonyl (C=O) groups is 1. The number of rotatable bonds is 4. The van der Waals surface area contributed by atoms with Gasteiger partial charge in [0.25, 0.3) is 0 Å². The zero-order chi connectivity index (χ0) is 24.2. The van der Waals surface area contributed by atoms with Crippen LogP contribution in [-0.2, 0) is 4.74 Å². The number of fused-ring (bicyclic) bond motifs is 2. The molecule has 12 heteroatoms. The highest BCUT2D eigenvalue weighted by molar-refractivity contribution is 7.14. The molecule has 0 atom stereocenters. The molecule has 0 unspecified atom stereocenters. The van der Waals surface area contributed by atoms with E-state index in [2.05, 4.69) is 41.3 Å². The highest BCUT2D eigenvalue weighted by atomic mass is 32.1. The van der Waals surface area contributed by atoms with Crippen molar-refractivity contribution < 1.29 is 9.53 Å². The molecular weight excluding hydrogens is 484 g/mol. The van der Waals surface area contributed by atoms with E-state index in [4.69, 9.17) is 10.5 Å². The molecular formula is C23H20N8O2S2. The molecule has 0 aromatic carbocycles. The fourth-order valence-electron chi connectivity index (χ4n) is 3.46. The van der Waals surface area contributed by atoms with Gasteiger partial charge in [0.1, 0.15) is 11.6 Å². The maximum Gasteiger partial charge on any atom is 0.412 e. The van der Waals surface area contributed by atoms with Crippen LogP contribution in [0.5, 0.6) is 0 Å². The fourth-order valence-corrected chi connectivity index (χ4v) is 4.96. The number of nitrogens with one attached hydrogen (secondary N) is 3. The number of hydrogen-bond donors (Lipinski definition) is 4. The molecule has 10 nitrogen and oxygen atoms in total. The average Bonchev–Trinajstić information content (AvgIpc) is 3.66. The van der Waals surface area contributed by atoms with Crippen LogP contribution >= 0.6 is 22.7 Å². The smallest absolute Gasteiger partial charge is 0.412 e. The molecule has 0 radical (unpaired) electrons. The first-order valence-corrected chi connectivity index (χ1v) is 12.3. The molecule has 0 aliphatic heterocycles. The molecule has 0 spiro atoms. The van der Waals surface area contributed by atoms with Gasteiger partial charge in [-0.2, -0.15) is 0 Å². The van der Waals surface area contributed by atoms with E-state index in [1.807, 2.05) is 41.1 Å². The lowest BCUT2D eigenvalue weighted by Gasteiger charge is -2.06. The maximum absolute atomic E-state index is 11.5. The Balaban J connectivity index is 0.000000151. The lowest BCUT2D eigenvalue weighted by molar-refractivity contribution is 0.168. The molecule has 0 aliphatic rings. The molecule has 6 rings (SSSR count). The van der Waals surface area contributed by atoms with Gasteiger partial charge in [-0.05, 0) is 41.9 Å². The molecule has 0 fully saturated rings. The number of thiophene rings is 2. The molecule has 6 aromatic rings. The third-order valence-electron chi connectivity index (χ3n) is 4.89. The fraction of sp³-hybridized carbons (Fsp3) is 0.0870. The van der Waals surface area contributed by atoms with Gasteiger partial charge in [0.05, 0.1) is 30.3 Å². The number of imidazole rings is 2. The maximum atomic E-state index is 11.5. The topological polar surface area (TPSA) is 147 Å². The number of ether oxygens (including phenoxy) is 1. The van der Waals surface area contributed by atoms with E-state index in [0.717, 1.165) is 27.0 Å². The molecule has 6 aromatic heterocycles. The van der Waals surface area contributed by atoms with Crippen molar-refractivity contribution in [1.29, 1.82) is 0 Å². The number of aromatic nitrogens is 6. The Hall–Kier alpha value is -4.29. The van der Waals surface area contributed by atoms with Crippen LogP contribution in [0.15, 0.2) is 59.8 Å². The second kappa shape index (κ2) is 9.91. The number of H-pyrrole nitrogens is 2. The molecule has 0 aliphatic carbocycles. The van der Waals surface area contributed by atoms with Crippen LogP contribution in [0.3, 0.4) is 0 Å². The van der Waals surface area contributed by atoms with E-state index in [9.17, 15) is 4.79 Å².